The second kappa shape index (κ2) is 5.90. The molecule has 0 aliphatic heterocycles. The number of anilines is 1. The Morgan fingerprint density at radius 3 is 1.94 bits per heavy atom. The van der Waals surface area contributed by atoms with Crippen molar-refractivity contribution >= 4 is 5.69 Å². The smallest absolute Gasteiger partial charge is 0.0364 e. The number of nitrogens with zero attached hydrogens (tertiary/aromatic N) is 2. The number of rotatable bonds is 5. The van der Waals surface area contributed by atoms with E-state index in [-0.39, 0.29) is 0 Å². The Balaban J connectivity index is 2.59. The molecule has 0 aliphatic rings. The molecule has 0 saturated carbocycles. The standard InChI is InChI=1S/C14H24N2/c1-12(2)13-6-8-14(9-7-13)16(5)11-10-15(3)4/h6-9,12H,10-11H2,1-5H3. The average molecular weight is 220 g/mol. The van der Waals surface area contributed by atoms with Crippen LogP contribution < -0.4 is 4.90 Å². The van der Waals surface area contributed by atoms with Crippen molar-refractivity contribution in [2.75, 3.05) is 39.1 Å². The fourth-order valence-electron chi connectivity index (χ4n) is 1.59. The summed E-state index contributed by atoms with van der Waals surface area (Å²) in [5.41, 5.74) is 2.70. The molecule has 0 radical (unpaired) electrons. The molecule has 0 aromatic heterocycles. The lowest BCUT2D eigenvalue weighted by atomic mass is 10.0. The van der Waals surface area contributed by atoms with E-state index in [4.69, 9.17) is 0 Å². The number of hydrogen-bond acceptors (Lipinski definition) is 2. The normalized spacial score (nSPS) is 11.2. The molecule has 1 aromatic rings. The summed E-state index contributed by atoms with van der Waals surface area (Å²) in [4.78, 5) is 4.50. The molecule has 2 nitrogen and oxygen atoms in total. The van der Waals surface area contributed by atoms with Gasteiger partial charge in [-0.05, 0) is 37.7 Å². The van der Waals surface area contributed by atoms with Crippen molar-refractivity contribution in [3.8, 4) is 0 Å². The molecule has 0 amide bonds. The molecule has 0 aliphatic carbocycles. The zero-order valence-corrected chi connectivity index (χ0v) is 11.2. The highest BCUT2D eigenvalue weighted by atomic mass is 15.1. The Bertz CT molecular complexity index is 301. The first kappa shape index (κ1) is 13.0. The maximum atomic E-state index is 2.30. The summed E-state index contributed by atoms with van der Waals surface area (Å²) in [6.07, 6.45) is 0. The predicted molar refractivity (Wildman–Crippen MR) is 72.4 cm³/mol. The lowest BCUT2D eigenvalue weighted by Crippen LogP contribution is -2.28. The van der Waals surface area contributed by atoms with Crippen LogP contribution in [0, 0.1) is 0 Å². The van der Waals surface area contributed by atoms with E-state index in [2.05, 4.69) is 69.1 Å². The average Bonchev–Trinajstić information content (AvgIpc) is 2.26. The second-order valence-electron chi connectivity index (χ2n) is 4.97. The fourth-order valence-corrected chi connectivity index (χ4v) is 1.59. The Morgan fingerprint density at radius 2 is 1.50 bits per heavy atom. The van der Waals surface area contributed by atoms with E-state index in [1.165, 1.54) is 11.3 Å². The summed E-state index contributed by atoms with van der Waals surface area (Å²) in [6.45, 7) is 6.60. The first-order chi connectivity index (χ1) is 7.50. The van der Waals surface area contributed by atoms with Crippen molar-refractivity contribution in [3.05, 3.63) is 29.8 Å². The van der Waals surface area contributed by atoms with Gasteiger partial charge in [0.25, 0.3) is 0 Å². The molecule has 0 atom stereocenters. The van der Waals surface area contributed by atoms with Crippen LogP contribution in [0.25, 0.3) is 0 Å². The van der Waals surface area contributed by atoms with Crippen molar-refractivity contribution in [1.82, 2.24) is 4.90 Å². The molecule has 0 heterocycles. The minimum absolute atomic E-state index is 0.612. The monoisotopic (exact) mass is 220 g/mol. The van der Waals surface area contributed by atoms with Crippen LogP contribution in [-0.2, 0) is 0 Å². The molecule has 0 N–H and O–H groups in total. The van der Waals surface area contributed by atoms with E-state index in [0.717, 1.165) is 13.1 Å². The van der Waals surface area contributed by atoms with E-state index < -0.39 is 0 Å². The van der Waals surface area contributed by atoms with Crippen LogP contribution in [0.4, 0.5) is 5.69 Å². The minimum Gasteiger partial charge on any atom is -0.373 e. The summed E-state index contributed by atoms with van der Waals surface area (Å²) in [5.74, 6) is 0.612. The zero-order chi connectivity index (χ0) is 12.1. The molecule has 0 saturated heterocycles. The van der Waals surface area contributed by atoms with Crippen LogP contribution in [0.2, 0.25) is 0 Å². The molecule has 0 spiro atoms. The first-order valence-corrected chi connectivity index (χ1v) is 5.96. The molecular weight excluding hydrogens is 196 g/mol. The highest BCUT2D eigenvalue weighted by molar-refractivity contribution is 5.47. The number of likely N-dealkylation sites (N-methyl/N-ethyl adjacent to an activating group) is 2. The van der Waals surface area contributed by atoms with Crippen LogP contribution in [0.15, 0.2) is 24.3 Å². The number of benzene rings is 1. The van der Waals surface area contributed by atoms with Gasteiger partial charge >= 0.3 is 0 Å². The van der Waals surface area contributed by atoms with Gasteiger partial charge in [0.15, 0.2) is 0 Å². The summed E-state index contributed by atoms with van der Waals surface area (Å²) >= 11 is 0. The van der Waals surface area contributed by atoms with Crippen molar-refractivity contribution in [1.29, 1.82) is 0 Å². The van der Waals surface area contributed by atoms with Crippen LogP contribution in [0.5, 0.6) is 0 Å². The van der Waals surface area contributed by atoms with Crippen molar-refractivity contribution in [2.45, 2.75) is 19.8 Å². The van der Waals surface area contributed by atoms with Gasteiger partial charge in [-0.15, -0.1) is 0 Å². The van der Waals surface area contributed by atoms with Crippen LogP contribution in [0.1, 0.15) is 25.3 Å². The van der Waals surface area contributed by atoms with Crippen molar-refractivity contribution in [2.24, 2.45) is 0 Å². The molecule has 2 heteroatoms. The quantitative estimate of drug-likeness (QED) is 0.753. The van der Waals surface area contributed by atoms with Gasteiger partial charge in [-0.1, -0.05) is 26.0 Å². The highest BCUT2D eigenvalue weighted by Gasteiger charge is 2.03. The Labute approximate surface area is 99.9 Å². The Hall–Kier alpha value is -1.02. The lowest BCUT2D eigenvalue weighted by Gasteiger charge is -2.22. The largest absolute Gasteiger partial charge is 0.373 e. The Kier molecular flexibility index (Phi) is 4.81. The van der Waals surface area contributed by atoms with E-state index in [0.29, 0.717) is 5.92 Å². The minimum atomic E-state index is 0.612. The topological polar surface area (TPSA) is 6.48 Å². The predicted octanol–water partition coefficient (Wildman–Crippen LogP) is 2.81. The maximum Gasteiger partial charge on any atom is 0.0364 e. The van der Waals surface area contributed by atoms with E-state index in [1.54, 1.807) is 0 Å². The van der Waals surface area contributed by atoms with E-state index in [1.807, 2.05) is 0 Å². The molecule has 16 heavy (non-hydrogen) atoms. The lowest BCUT2D eigenvalue weighted by molar-refractivity contribution is 0.416. The molecular formula is C14H24N2. The highest BCUT2D eigenvalue weighted by Crippen LogP contribution is 2.19. The number of hydrogen-bond donors (Lipinski definition) is 0. The first-order valence-electron chi connectivity index (χ1n) is 5.96. The summed E-state index contributed by atoms with van der Waals surface area (Å²) < 4.78 is 0. The van der Waals surface area contributed by atoms with Crippen LogP contribution >= 0.6 is 0 Å². The Morgan fingerprint density at radius 1 is 0.938 bits per heavy atom. The third-order valence-electron chi connectivity index (χ3n) is 2.88. The van der Waals surface area contributed by atoms with Crippen molar-refractivity contribution in [3.63, 3.8) is 0 Å². The second-order valence-corrected chi connectivity index (χ2v) is 4.97. The van der Waals surface area contributed by atoms with Gasteiger partial charge in [0.1, 0.15) is 0 Å². The SMILES string of the molecule is CC(C)c1ccc(N(C)CCN(C)C)cc1. The third kappa shape index (κ3) is 3.86. The van der Waals surface area contributed by atoms with Gasteiger partial charge < -0.3 is 9.80 Å². The van der Waals surface area contributed by atoms with E-state index >= 15 is 0 Å². The summed E-state index contributed by atoms with van der Waals surface area (Å²) in [6, 6.07) is 8.88. The maximum absolute atomic E-state index is 2.30. The molecule has 90 valence electrons. The summed E-state index contributed by atoms with van der Waals surface area (Å²) in [5, 5.41) is 0. The van der Waals surface area contributed by atoms with Gasteiger partial charge in [0.2, 0.25) is 0 Å². The summed E-state index contributed by atoms with van der Waals surface area (Å²) in [7, 11) is 6.36. The fraction of sp³-hybridized carbons (Fsp3) is 0.571. The molecule has 1 rings (SSSR count). The molecule has 0 bridgehead atoms. The van der Waals surface area contributed by atoms with Gasteiger partial charge in [0.05, 0.1) is 0 Å². The molecule has 1 aromatic carbocycles. The van der Waals surface area contributed by atoms with E-state index in [9.17, 15) is 0 Å². The molecule has 0 unspecified atom stereocenters. The van der Waals surface area contributed by atoms with Gasteiger partial charge in [-0.25, -0.2) is 0 Å². The zero-order valence-electron chi connectivity index (χ0n) is 11.2. The van der Waals surface area contributed by atoms with Crippen molar-refractivity contribution < 1.29 is 0 Å². The van der Waals surface area contributed by atoms with Gasteiger partial charge in [-0.2, -0.15) is 0 Å². The van der Waals surface area contributed by atoms with Gasteiger partial charge in [0, 0.05) is 25.8 Å². The van der Waals surface area contributed by atoms with Crippen LogP contribution in [-0.4, -0.2) is 39.1 Å². The van der Waals surface area contributed by atoms with Crippen LogP contribution in [0.3, 0.4) is 0 Å². The molecule has 0 fully saturated rings. The van der Waals surface area contributed by atoms with Gasteiger partial charge in [-0.3, -0.25) is 0 Å². The third-order valence-corrected chi connectivity index (χ3v) is 2.88.